The van der Waals surface area contributed by atoms with Gasteiger partial charge in [-0.25, -0.2) is 0 Å². The molecule has 2 rings (SSSR count). The van der Waals surface area contributed by atoms with E-state index >= 15 is 0 Å². The standard InChI is InChI=1S/C30H40O4/c1-7-29(6,33)18-17-24-13-14-25(20-22(24)4)30(8-2,9-3)26-15-16-27(23(5)21-26)34-19-11-10-12-28(31)32/h13-16,20-21,33H,7-12,19H2,1-6H3,(H,31,32). The first-order valence-corrected chi connectivity index (χ1v) is 12.4. The third-order valence-corrected chi connectivity index (χ3v) is 6.91. The lowest BCUT2D eigenvalue weighted by Crippen LogP contribution is -2.26. The summed E-state index contributed by atoms with van der Waals surface area (Å²) in [6, 6.07) is 12.9. The minimum absolute atomic E-state index is 0.115. The number of carbonyl (C=O) groups is 1. The normalized spacial score (nSPS) is 13.0. The third-order valence-electron chi connectivity index (χ3n) is 6.91. The average Bonchev–Trinajstić information content (AvgIpc) is 2.80. The van der Waals surface area contributed by atoms with E-state index < -0.39 is 11.6 Å². The van der Waals surface area contributed by atoms with Gasteiger partial charge in [0, 0.05) is 17.4 Å². The lowest BCUT2D eigenvalue weighted by atomic mass is 9.70. The van der Waals surface area contributed by atoms with Crippen molar-refractivity contribution in [2.75, 3.05) is 6.61 Å². The zero-order valence-corrected chi connectivity index (χ0v) is 21.6. The topological polar surface area (TPSA) is 66.8 Å². The van der Waals surface area contributed by atoms with Crippen LogP contribution in [0.5, 0.6) is 5.75 Å². The zero-order chi connectivity index (χ0) is 25.4. The van der Waals surface area contributed by atoms with Crippen molar-refractivity contribution in [2.45, 2.75) is 91.1 Å². The first kappa shape index (κ1) is 27.5. The van der Waals surface area contributed by atoms with Crippen molar-refractivity contribution in [1.29, 1.82) is 0 Å². The van der Waals surface area contributed by atoms with E-state index in [1.807, 2.05) is 13.0 Å². The van der Waals surface area contributed by atoms with Crippen LogP contribution < -0.4 is 4.74 Å². The van der Waals surface area contributed by atoms with E-state index in [1.165, 1.54) is 11.1 Å². The number of hydrogen-bond donors (Lipinski definition) is 2. The summed E-state index contributed by atoms with van der Waals surface area (Å²) in [4.78, 5) is 10.7. The molecular weight excluding hydrogens is 424 g/mol. The number of benzene rings is 2. The highest BCUT2D eigenvalue weighted by atomic mass is 16.5. The summed E-state index contributed by atoms with van der Waals surface area (Å²) in [7, 11) is 0. The van der Waals surface area contributed by atoms with Gasteiger partial charge in [-0.15, -0.1) is 0 Å². The molecule has 2 N–H and O–H groups in total. The van der Waals surface area contributed by atoms with Gasteiger partial charge in [-0.3, -0.25) is 4.79 Å². The Bertz CT molecular complexity index is 1040. The van der Waals surface area contributed by atoms with Gasteiger partial charge in [-0.1, -0.05) is 56.9 Å². The molecule has 2 aromatic rings. The fourth-order valence-electron chi connectivity index (χ4n) is 4.29. The van der Waals surface area contributed by atoms with Crippen molar-refractivity contribution < 1.29 is 19.7 Å². The van der Waals surface area contributed by atoms with Gasteiger partial charge in [0.25, 0.3) is 0 Å². The molecule has 4 nitrogen and oxygen atoms in total. The second-order valence-corrected chi connectivity index (χ2v) is 9.38. The molecule has 0 aliphatic heterocycles. The summed E-state index contributed by atoms with van der Waals surface area (Å²) in [6.45, 7) is 12.8. The van der Waals surface area contributed by atoms with E-state index in [2.05, 4.69) is 69.9 Å². The molecule has 0 aliphatic carbocycles. The number of aryl methyl sites for hydroxylation is 2. The molecule has 0 saturated heterocycles. The van der Waals surface area contributed by atoms with E-state index in [-0.39, 0.29) is 11.8 Å². The predicted octanol–water partition coefficient (Wildman–Crippen LogP) is 6.56. The average molecular weight is 465 g/mol. The molecule has 0 fully saturated rings. The highest BCUT2D eigenvalue weighted by molar-refractivity contribution is 5.66. The molecule has 0 saturated carbocycles. The number of ether oxygens (including phenoxy) is 1. The number of aliphatic hydroxyl groups is 1. The van der Waals surface area contributed by atoms with Crippen molar-refractivity contribution in [3.05, 3.63) is 64.2 Å². The van der Waals surface area contributed by atoms with Gasteiger partial charge in [-0.05, 0) is 87.3 Å². The molecule has 4 heteroatoms. The van der Waals surface area contributed by atoms with Crippen LogP contribution in [0, 0.1) is 25.7 Å². The molecule has 1 atom stereocenters. The summed E-state index contributed by atoms with van der Waals surface area (Å²) >= 11 is 0. The Morgan fingerprint density at radius 3 is 2.09 bits per heavy atom. The quantitative estimate of drug-likeness (QED) is 0.292. The van der Waals surface area contributed by atoms with E-state index in [0.29, 0.717) is 19.4 Å². The summed E-state index contributed by atoms with van der Waals surface area (Å²) in [5.41, 5.74) is 4.59. The molecule has 34 heavy (non-hydrogen) atoms. The zero-order valence-electron chi connectivity index (χ0n) is 21.6. The van der Waals surface area contributed by atoms with Crippen LogP contribution >= 0.6 is 0 Å². The fourth-order valence-corrected chi connectivity index (χ4v) is 4.29. The molecular formula is C30H40O4. The maximum Gasteiger partial charge on any atom is 0.303 e. The van der Waals surface area contributed by atoms with Gasteiger partial charge < -0.3 is 14.9 Å². The van der Waals surface area contributed by atoms with Crippen LogP contribution in [0.1, 0.15) is 94.0 Å². The molecule has 0 aromatic heterocycles. The lowest BCUT2D eigenvalue weighted by Gasteiger charge is -2.34. The Hall–Kier alpha value is -2.77. The van der Waals surface area contributed by atoms with Crippen molar-refractivity contribution in [3.63, 3.8) is 0 Å². The summed E-state index contributed by atoms with van der Waals surface area (Å²) in [5, 5.41) is 19.0. The monoisotopic (exact) mass is 464 g/mol. The Morgan fingerprint density at radius 2 is 1.56 bits per heavy atom. The van der Waals surface area contributed by atoms with Crippen LogP contribution in [0.3, 0.4) is 0 Å². The first-order valence-electron chi connectivity index (χ1n) is 12.4. The summed E-state index contributed by atoms with van der Waals surface area (Å²) < 4.78 is 5.93. The van der Waals surface area contributed by atoms with Crippen LogP contribution in [0.4, 0.5) is 0 Å². The van der Waals surface area contributed by atoms with E-state index in [1.54, 1.807) is 6.92 Å². The molecule has 1 unspecified atom stereocenters. The fraction of sp³-hybridized carbons (Fsp3) is 0.500. The van der Waals surface area contributed by atoms with Gasteiger partial charge in [-0.2, -0.15) is 0 Å². The van der Waals surface area contributed by atoms with Crippen LogP contribution in [-0.2, 0) is 10.2 Å². The second kappa shape index (κ2) is 12.1. The second-order valence-electron chi connectivity index (χ2n) is 9.38. The minimum Gasteiger partial charge on any atom is -0.493 e. The maximum absolute atomic E-state index is 10.7. The van der Waals surface area contributed by atoms with Gasteiger partial charge in [0.05, 0.1) is 6.61 Å². The Kier molecular flexibility index (Phi) is 9.77. The third kappa shape index (κ3) is 6.87. The van der Waals surface area contributed by atoms with Crippen LogP contribution in [-0.4, -0.2) is 28.4 Å². The highest BCUT2D eigenvalue weighted by Crippen LogP contribution is 2.41. The molecule has 0 spiro atoms. The van der Waals surface area contributed by atoms with E-state index in [0.717, 1.165) is 41.7 Å². The number of carboxylic acid groups (broad SMARTS) is 1. The van der Waals surface area contributed by atoms with Crippen molar-refractivity contribution in [2.24, 2.45) is 0 Å². The Balaban J connectivity index is 2.29. The number of rotatable bonds is 11. The SMILES string of the molecule is CCC(C)(O)C#Cc1ccc(C(CC)(CC)c2ccc(OCCCCC(=O)O)c(C)c2)cc1C. The molecule has 0 aliphatic rings. The van der Waals surface area contributed by atoms with Gasteiger partial charge in [0.15, 0.2) is 0 Å². The summed E-state index contributed by atoms with van der Waals surface area (Å²) in [6.07, 6.45) is 4.05. The first-order chi connectivity index (χ1) is 16.1. The van der Waals surface area contributed by atoms with Crippen LogP contribution in [0.15, 0.2) is 36.4 Å². The van der Waals surface area contributed by atoms with Crippen molar-refractivity contribution in [1.82, 2.24) is 0 Å². The lowest BCUT2D eigenvalue weighted by molar-refractivity contribution is -0.137. The van der Waals surface area contributed by atoms with Crippen LogP contribution in [0.25, 0.3) is 0 Å². The van der Waals surface area contributed by atoms with Crippen molar-refractivity contribution in [3.8, 4) is 17.6 Å². The number of carboxylic acids is 1. The smallest absolute Gasteiger partial charge is 0.303 e. The molecule has 184 valence electrons. The number of unbranched alkanes of at least 4 members (excludes halogenated alkanes) is 1. The van der Waals surface area contributed by atoms with Gasteiger partial charge >= 0.3 is 5.97 Å². The number of aliphatic carboxylic acids is 1. The largest absolute Gasteiger partial charge is 0.493 e. The number of hydrogen-bond acceptors (Lipinski definition) is 3. The molecule has 0 amide bonds. The maximum atomic E-state index is 10.7. The summed E-state index contributed by atoms with van der Waals surface area (Å²) in [5.74, 6) is 6.24. The Labute approximate surface area is 205 Å². The minimum atomic E-state index is -0.973. The molecule has 0 bridgehead atoms. The van der Waals surface area contributed by atoms with Gasteiger partial charge in [0.2, 0.25) is 0 Å². The molecule has 0 heterocycles. The van der Waals surface area contributed by atoms with Crippen molar-refractivity contribution >= 4 is 5.97 Å². The van der Waals surface area contributed by atoms with Gasteiger partial charge in [0.1, 0.15) is 11.4 Å². The Morgan fingerprint density at radius 1 is 0.941 bits per heavy atom. The van der Waals surface area contributed by atoms with E-state index in [4.69, 9.17) is 9.84 Å². The van der Waals surface area contributed by atoms with Crippen LogP contribution in [0.2, 0.25) is 0 Å². The molecule has 2 aromatic carbocycles. The predicted molar refractivity (Wildman–Crippen MR) is 138 cm³/mol. The highest BCUT2D eigenvalue weighted by Gasteiger charge is 2.31. The molecule has 0 radical (unpaired) electrons. The van der Waals surface area contributed by atoms with E-state index in [9.17, 15) is 9.90 Å².